The molecule has 3 aromatic carbocycles. The molecule has 5 rings (SSSR count). The number of sulfonamides is 1. The van der Waals surface area contributed by atoms with Gasteiger partial charge in [-0.05, 0) is 67.6 Å². The van der Waals surface area contributed by atoms with E-state index in [1.807, 2.05) is 36.4 Å². The van der Waals surface area contributed by atoms with Gasteiger partial charge in [-0.3, -0.25) is 4.90 Å². The number of rotatable bonds is 7. The zero-order valence-corrected chi connectivity index (χ0v) is 24.2. The van der Waals surface area contributed by atoms with E-state index < -0.39 is 10.0 Å². The van der Waals surface area contributed by atoms with Crippen molar-refractivity contribution in [2.75, 3.05) is 31.5 Å². The Morgan fingerprint density at radius 1 is 0.795 bits per heavy atom. The smallest absolute Gasteiger partial charge is 0.243 e. The van der Waals surface area contributed by atoms with Crippen LogP contribution >= 0.6 is 0 Å². The third-order valence-electron chi connectivity index (χ3n) is 7.72. The lowest BCUT2D eigenvalue weighted by Gasteiger charge is -2.37. The van der Waals surface area contributed by atoms with Gasteiger partial charge in [0.25, 0.3) is 0 Å². The minimum atomic E-state index is -3.53. The molecule has 0 bridgehead atoms. The second-order valence-corrected chi connectivity index (χ2v) is 12.6. The van der Waals surface area contributed by atoms with Gasteiger partial charge in [0, 0.05) is 37.3 Å². The predicted octanol–water partition coefficient (Wildman–Crippen LogP) is 6.18. The Morgan fingerprint density at radius 2 is 1.44 bits per heavy atom. The van der Waals surface area contributed by atoms with Crippen LogP contribution in [0.4, 0.5) is 11.5 Å². The van der Waals surface area contributed by atoms with Crippen LogP contribution in [0.25, 0.3) is 10.9 Å². The Balaban J connectivity index is 1.35. The van der Waals surface area contributed by atoms with Gasteiger partial charge in [0.15, 0.2) is 0 Å². The minimum absolute atomic E-state index is 0.0664. The van der Waals surface area contributed by atoms with Gasteiger partial charge in [0.2, 0.25) is 10.0 Å². The highest BCUT2D eigenvalue weighted by Crippen LogP contribution is 2.31. The molecule has 7 nitrogen and oxygen atoms in total. The maximum Gasteiger partial charge on any atom is 0.243 e. The molecule has 204 valence electrons. The van der Waals surface area contributed by atoms with Gasteiger partial charge in [-0.2, -0.15) is 4.31 Å². The largest absolute Gasteiger partial charge is 0.339 e. The molecule has 0 amide bonds. The first-order valence-electron chi connectivity index (χ1n) is 13.6. The average molecular weight is 544 g/mol. The summed E-state index contributed by atoms with van der Waals surface area (Å²) < 4.78 is 28.2. The highest BCUT2D eigenvalue weighted by atomic mass is 32.2. The monoisotopic (exact) mass is 543 g/mol. The maximum absolute atomic E-state index is 13.3. The number of anilines is 2. The summed E-state index contributed by atoms with van der Waals surface area (Å²) >= 11 is 0. The van der Waals surface area contributed by atoms with Crippen molar-refractivity contribution in [1.82, 2.24) is 19.2 Å². The molecule has 1 aliphatic rings. The molecule has 1 N–H and O–H groups in total. The number of hydrogen-bond acceptors (Lipinski definition) is 6. The van der Waals surface area contributed by atoms with E-state index in [4.69, 9.17) is 9.97 Å². The van der Waals surface area contributed by atoms with Crippen molar-refractivity contribution in [3.63, 3.8) is 0 Å². The minimum Gasteiger partial charge on any atom is -0.339 e. The van der Waals surface area contributed by atoms with Crippen LogP contribution in [0.1, 0.15) is 55.2 Å². The molecular weight excluding hydrogens is 506 g/mol. The van der Waals surface area contributed by atoms with Crippen LogP contribution < -0.4 is 5.32 Å². The Bertz CT molecular complexity index is 1560. The zero-order valence-electron chi connectivity index (χ0n) is 23.3. The molecule has 39 heavy (non-hydrogen) atoms. The lowest BCUT2D eigenvalue weighted by atomic mass is 10.0. The number of piperazine rings is 1. The van der Waals surface area contributed by atoms with Gasteiger partial charge in [-0.25, -0.2) is 18.4 Å². The lowest BCUT2D eigenvalue weighted by molar-refractivity contribution is 0.141. The Kier molecular flexibility index (Phi) is 7.71. The number of hydrogen-bond donors (Lipinski definition) is 1. The van der Waals surface area contributed by atoms with Crippen molar-refractivity contribution in [2.24, 2.45) is 0 Å². The highest BCUT2D eigenvalue weighted by Gasteiger charge is 2.31. The van der Waals surface area contributed by atoms with E-state index in [9.17, 15) is 8.42 Å². The van der Waals surface area contributed by atoms with E-state index in [0.717, 1.165) is 44.9 Å². The second-order valence-electron chi connectivity index (χ2n) is 10.7. The van der Waals surface area contributed by atoms with Gasteiger partial charge in [-0.1, -0.05) is 56.3 Å². The standard InChI is InChI=1S/C31H37N5O2S/c1-21(2)25-13-15-26(16-14-25)39(37,38)36-19-17-35(18-20-36)24(5)30-32-28-12-7-6-11-27(28)31(34-30)33-29-22(3)9-8-10-23(29)4/h6-16,21,24H,17-20H2,1-5H3,(H,32,33,34)/t24-/m0/s1. The lowest BCUT2D eigenvalue weighted by Crippen LogP contribution is -2.49. The highest BCUT2D eigenvalue weighted by molar-refractivity contribution is 7.89. The topological polar surface area (TPSA) is 78.4 Å². The molecule has 1 atom stereocenters. The normalized spacial score (nSPS) is 16.1. The fourth-order valence-corrected chi connectivity index (χ4v) is 6.60. The summed E-state index contributed by atoms with van der Waals surface area (Å²) in [6, 6.07) is 21.5. The maximum atomic E-state index is 13.3. The number of nitrogens with zero attached hydrogens (tertiary/aromatic N) is 4. The Morgan fingerprint density at radius 3 is 2.08 bits per heavy atom. The number of para-hydroxylation sites is 2. The van der Waals surface area contributed by atoms with Crippen molar-refractivity contribution in [2.45, 2.75) is 51.5 Å². The van der Waals surface area contributed by atoms with Crippen molar-refractivity contribution >= 4 is 32.4 Å². The third-order valence-corrected chi connectivity index (χ3v) is 9.64. The summed E-state index contributed by atoms with van der Waals surface area (Å²) in [5, 5.41) is 4.55. The number of aryl methyl sites for hydroxylation is 2. The number of fused-ring (bicyclic) bond motifs is 1. The SMILES string of the molecule is Cc1cccc(C)c1Nc1nc([C@H](C)N2CCN(S(=O)(=O)c3ccc(C(C)C)cc3)CC2)nc2ccccc12. The Hall–Kier alpha value is -3.33. The quantitative estimate of drug-likeness (QED) is 0.300. The summed E-state index contributed by atoms with van der Waals surface area (Å²) in [6.45, 7) is 12.6. The van der Waals surface area contributed by atoms with Crippen molar-refractivity contribution in [3.05, 3.63) is 89.2 Å². The van der Waals surface area contributed by atoms with Crippen LogP contribution in [-0.4, -0.2) is 53.8 Å². The summed E-state index contributed by atoms with van der Waals surface area (Å²) in [7, 11) is -3.53. The molecule has 0 saturated carbocycles. The van der Waals surface area contributed by atoms with Crippen LogP contribution in [0.2, 0.25) is 0 Å². The summed E-state index contributed by atoms with van der Waals surface area (Å²) in [4.78, 5) is 12.5. The number of aromatic nitrogens is 2. The first-order valence-corrected chi connectivity index (χ1v) is 15.0. The fraction of sp³-hybridized carbons (Fsp3) is 0.355. The molecule has 1 aliphatic heterocycles. The van der Waals surface area contributed by atoms with Crippen LogP contribution in [-0.2, 0) is 10.0 Å². The van der Waals surface area contributed by atoms with Crippen LogP contribution in [0.5, 0.6) is 0 Å². The summed E-state index contributed by atoms with van der Waals surface area (Å²) in [5.74, 6) is 1.87. The van der Waals surface area contributed by atoms with E-state index in [1.54, 1.807) is 16.4 Å². The van der Waals surface area contributed by atoms with E-state index in [-0.39, 0.29) is 6.04 Å². The van der Waals surface area contributed by atoms with Gasteiger partial charge in [0.05, 0.1) is 16.5 Å². The van der Waals surface area contributed by atoms with E-state index in [0.29, 0.717) is 37.0 Å². The van der Waals surface area contributed by atoms with Gasteiger partial charge in [0.1, 0.15) is 11.6 Å². The number of nitrogens with one attached hydrogen (secondary N) is 1. The third kappa shape index (κ3) is 5.55. The van der Waals surface area contributed by atoms with Crippen molar-refractivity contribution in [3.8, 4) is 0 Å². The summed E-state index contributed by atoms with van der Waals surface area (Å²) in [6.07, 6.45) is 0. The molecule has 1 saturated heterocycles. The van der Waals surface area contributed by atoms with Gasteiger partial charge in [-0.15, -0.1) is 0 Å². The first-order chi connectivity index (χ1) is 18.6. The zero-order chi connectivity index (χ0) is 27.7. The van der Waals surface area contributed by atoms with Gasteiger partial charge >= 0.3 is 0 Å². The van der Waals surface area contributed by atoms with Crippen molar-refractivity contribution < 1.29 is 8.42 Å². The van der Waals surface area contributed by atoms with Crippen LogP contribution in [0.3, 0.4) is 0 Å². The molecule has 0 unspecified atom stereocenters. The molecule has 1 fully saturated rings. The average Bonchev–Trinajstić information content (AvgIpc) is 2.94. The predicted molar refractivity (Wildman–Crippen MR) is 158 cm³/mol. The molecule has 0 radical (unpaired) electrons. The van der Waals surface area contributed by atoms with Crippen LogP contribution in [0.15, 0.2) is 71.6 Å². The molecule has 4 aromatic rings. The second kappa shape index (κ2) is 11.0. The van der Waals surface area contributed by atoms with Crippen molar-refractivity contribution in [1.29, 1.82) is 0 Å². The van der Waals surface area contributed by atoms with E-state index in [2.05, 4.69) is 63.0 Å². The molecule has 1 aromatic heterocycles. The Labute approximate surface area is 232 Å². The molecule has 8 heteroatoms. The van der Waals surface area contributed by atoms with Crippen LogP contribution in [0, 0.1) is 13.8 Å². The molecular formula is C31H37N5O2S. The molecule has 0 aliphatic carbocycles. The number of benzene rings is 3. The molecule has 2 heterocycles. The fourth-order valence-electron chi connectivity index (χ4n) is 5.18. The van der Waals surface area contributed by atoms with Gasteiger partial charge < -0.3 is 5.32 Å². The molecule has 0 spiro atoms. The first kappa shape index (κ1) is 27.2. The summed E-state index contributed by atoms with van der Waals surface area (Å²) in [5.41, 5.74) is 5.38. The van der Waals surface area contributed by atoms with E-state index in [1.165, 1.54) is 0 Å². The van der Waals surface area contributed by atoms with E-state index >= 15 is 0 Å².